The molecular weight excluding hydrogens is 160 g/mol. The molecular formula is C8H9ClN2. The van der Waals surface area contributed by atoms with Gasteiger partial charge in [0.15, 0.2) is 0 Å². The number of nitrogens with two attached hydrogens (primary N) is 1. The molecule has 0 saturated carbocycles. The van der Waals surface area contributed by atoms with Crippen LogP contribution in [0.1, 0.15) is 11.6 Å². The molecule has 58 valence electrons. The number of rotatable bonds is 2. The number of halogens is 1. The van der Waals surface area contributed by atoms with Crippen LogP contribution in [-0.2, 0) is 0 Å². The van der Waals surface area contributed by atoms with E-state index >= 15 is 0 Å². The van der Waals surface area contributed by atoms with Crippen LogP contribution < -0.4 is 5.73 Å². The molecule has 0 aromatic carbocycles. The van der Waals surface area contributed by atoms with Crippen LogP contribution in [0.15, 0.2) is 31.1 Å². The van der Waals surface area contributed by atoms with Crippen molar-refractivity contribution in [3.63, 3.8) is 0 Å². The van der Waals surface area contributed by atoms with E-state index in [2.05, 4.69) is 11.6 Å². The van der Waals surface area contributed by atoms with E-state index in [1.807, 2.05) is 0 Å². The Balaban J connectivity index is 3.02. The van der Waals surface area contributed by atoms with Gasteiger partial charge in [-0.3, -0.25) is 4.98 Å². The molecule has 0 bridgehead atoms. The summed E-state index contributed by atoms with van der Waals surface area (Å²) in [5.74, 6) is 0. The van der Waals surface area contributed by atoms with Gasteiger partial charge in [0.05, 0.1) is 6.04 Å². The highest BCUT2D eigenvalue weighted by atomic mass is 35.5. The van der Waals surface area contributed by atoms with Gasteiger partial charge in [0, 0.05) is 23.0 Å². The third-order valence-corrected chi connectivity index (χ3v) is 1.75. The monoisotopic (exact) mass is 168 g/mol. The van der Waals surface area contributed by atoms with E-state index in [1.165, 1.54) is 0 Å². The molecule has 0 fully saturated rings. The van der Waals surface area contributed by atoms with E-state index in [0.717, 1.165) is 5.56 Å². The van der Waals surface area contributed by atoms with Gasteiger partial charge < -0.3 is 5.73 Å². The van der Waals surface area contributed by atoms with Crippen molar-refractivity contribution in [2.24, 2.45) is 5.73 Å². The fourth-order valence-corrected chi connectivity index (χ4v) is 0.993. The SMILES string of the molecule is C=C[C@@H](N)c1cnccc1Cl. The van der Waals surface area contributed by atoms with Gasteiger partial charge in [-0.15, -0.1) is 6.58 Å². The molecule has 1 atom stereocenters. The van der Waals surface area contributed by atoms with E-state index in [4.69, 9.17) is 17.3 Å². The normalized spacial score (nSPS) is 12.5. The smallest absolute Gasteiger partial charge is 0.0508 e. The average molecular weight is 169 g/mol. The Hall–Kier alpha value is -0.860. The number of hydrogen-bond acceptors (Lipinski definition) is 2. The van der Waals surface area contributed by atoms with Crippen molar-refractivity contribution < 1.29 is 0 Å². The first-order chi connectivity index (χ1) is 5.25. The van der Waals surface area contributed by atoms with Crippen LogP contribution in [0, 0.1) is 0 Å². The molecule has 0 amide bonds. The minimum absolute atomic E-state index is 0.226. The van der Waals surface area contributed by atoms with Crippen LogP contribution in [0.2, 0.25) is 5.02 Å². The second-order valence-corrected chi connectivity index (χ2v) is 2.57. The topological polar surface area (TPSA) is 38.9 Å². The molecule has 2 nitrogen and oxygen atoms in total. The molecule has 1 aromatic rings. The summed E-state index contributed by atoms with van der Waals surface area (Å²) < 4.78 is 0. The van der Waals surface area contributed by atoms with Crippen molar-refractivity contribution in [2.45, 2.75) is 6.04 Å². The molecule has 0 unspecified atom stereocenters. The van der Waals surface area contributed by atoms with Crippen LogP contribution in [0.3, 0.4) is 0 Å². The Morgan fingerprint density at radius 2 is 2.45 bits per heavy atom. The van der Waals surface area contributed by atoms with Gasteiger partial charge in [0.1, 0.15) is 0 Å². The Labute approximate surface area is 70.7 Å². The van der Waals surface area contributed by atoms with Crippen LogP contribution in [0.4, 0.5) is 0 Å². The highest BCUT2D eigenvalue weighted by Crippen LogP contribution is 2.19. The van der Waals surface area contributed by atoms with Crippen molar-refractivity contribution in [1.82, 2.24) is 4.98 Å². The summed E-state index contributed by atoms with van der Waals surface area (Å²) in [6.45, 7) is 3.57. The van der Waals surface area contributed by atoms with Crippen molar-refractivity contribution in [3.8, 4) is 0 Å². The van der Waals surface area contributed by atoms with Gasteiger partial charge in [-0.25, -0.2) is 0 Å². The summed E-state index contributed by atoms with van der Waals surface area (Å²) in [6.07, 6.45) is 4.90. The van der Waals surface area contributed by atoms with Gasteiger partial charge in [-0.2, -0.15) is 0 Å². The average Bonchev–Trinajstić information content (AvgIpc) is 2.04. The first kappa shape index (κ1) is 8.24. The second kappa shape index (κ2) is 3.51. The first-order valence-electron chi connectivity index (χ1n) is 3.23. The van der Waals surface area contributed by atoms with Crippen LogP contribution in [0.5, 0.6) is 0 Å². The maximum atomic E-state index is 5.83. The molecule has 2 N–H and O–H groups in total. The fraction of sp³-hybridized carbons (Fsp3) is 0.125. The number of aromatic nitrogens is 1. The lowest BCUT2D eigenvalue weighted by Gasteiger charge is -2.06. The van der Waals surface area contributed by atoms with E-state index in [9.17, 15) is 0 Å². The third kappa shape index (κ3) is 1.79. The quantitative estimate of drug-likeness (QED) is 0.686. The Morgan fingerprint density at radius 3 is 3.00 bits per heavy atom. The summed E-state index contributed by atoms with van der Waals surface area (Å²) in [5, 5.41) is 0.632. The van der Waals surface area contributed by atoms with E-state index in [-0.39, 0.29) is 6.04 Å². The van der Waals surface area contributed by atoms with Crippen LogP contribution in [0.25, 0.3) is 0 Å². The molecule has 0 radical (unpaired) electrons. The second-order valence-electron chi connectivity index (χ2n) is 2.16. The van der Waals surface area contributed by atoms with Gasteiger partial charge in [0.25, 0.3) is 0 Å². The lowest BCUT2D eigenvalue weighted by atomic mass is 10.1. The molecule has 3 heteroatoms. The van der Waals surface area contributed by atoms with Gasteiger partial charge in [-0.05, 0) is 6.07 Å². The number of nitrogens with zero attached hydrogens (tertiary/aromatic N) is 1. The van der Waals surface area contributed by atoms with Crippen molar-refractivity contribution in [2.75, 3.05) is 0 Å². The van der Waals surface area contributed by atoms with Crippen LogP contribution >= 0.6 is 11.6 Å². The summed E-state index contributed by atoms with van der Waals surface area (Å²) in [4.78, 5) is 3.90. The highest BCUT2D eigenvalue weighted by molar-refractivity contribution is 6.31. The highest BCUT2D eigenvalue weighted by Gasteiger charge is 2.04. The van der Waals surface area contributed by atoms with Crippen molar-refractivity contribution >= 4 is 11.6 Å². The van der Waals surface area contributed by atoms with E-state index < -0.39 is 0 Å². The maximum Gasteiger partial charge on any atom is 0.0508 e. The Bertz CT molecular complexity index is 260. The summed E-state index contributed by atoms with van der Waals surface area (Å²) in [6, 6.07) is 1.48. The molecule has 0 spiro atoms. The molecule has 1 aromatic heterocycles. The van der Waals surface area contributed by atoms with Gasteiger partial charge in [-0.1, -0.05) is 17.7 Å². The molecule has 1 rings (SSSR count). The standard InChI is InChI=1S/C8H9ClN2/c1-2-8(10)6-5-11-4-3-7(6)9/h2-5,8H,1,10H2/t8-/m1/s1. The van der Waals surface area contributed by atoms with Gasteiger partial charge >= 0.3 is 0 Å². The first-order valence-corrected chi connectivity index (χ1v) is 3.61. The molecule has 11 heavy (non-hydrogen) atoms. The number of pyridine rings is 1. The third-order valence-electron chi connectivity index (χ3n) is 1.41. The maximum absolute atomic E-state index is 5.83. The minimum atomic E-state index is -0.226. The number of hydrogen-bond donors (Lipinski definition) is 1. The fourth-order valence-electron chi connectivity index (χ4n) is 0.762. The van der Waals surface area contributed by atoms with Crippen molar-refractivity contribution in [1.29, 1.82) is 0 Å². The molecule has 0 aliphatic carbocycles. The summed E-state index contributed by atoms with van der Waals surface area (Å²) in [7, 11) is 0. The Kier molecular flexibility index (Phi) is 2.63. The van der Waals surface area contributed by atoms with Crippen LogP contribution in [-0.4, -0.2) is 4.98 Å². The predicted octanol–water partition coefficient (Wildman–Crippen LogP) is 1.92. The predicted molar refractivity (Wildman–Crippen MR) is 46.4 cm³/mol. The largest absolute Gasteiger partial charge is 0.321 e. The zero-order chi connectivity index (χ0) is 8.27. The molecule has 0 aliphatic heterocycles. The van der Waals surface area contributed by atoms with E-state index in [0.29, 0.717) is 5.02 Å². The lowest BCUT2D eigenvalue weighted by molar-refractivity contribution is 0.904. The Morgan fingerprint density at radius 1 is 1.73 bits per heavy atom. The minimum Gasteiger partial charge on any atom is -0.321 e. The molecule has 0 saturated heterocycles. The van der Waals surface area contributed by atoms with Gasteiger partial charge in [0.2, 0.25) is 0 Å². The zero-order valence-corrected chi connectivity index (χ0v) is 6.75. The summed E-state index contributed by atoms with van der Waals surface area (Å²) in [5.41, 5.74) is 6.46. The van der Waals surface area contributed by atoms with Crippen molar-refractivity contribution in [3.05, 3.63) is 41.7 Å². The summed E-state index contributed by atoms with van der Waals surface area (Å²) >= 11 is 5.83. The van der Waals surface area contributed by atoms with E-state index in [1.54, 1.807) is 24.5 Å². The molecule has 1 heterocycles. The lowest BCUT2D eigenvalue weighted by Crippen LogP contribution is -2.07. The molecule has 0 aliphatic rings. The zero-order valence-electron chi connectivity index (χ0n) is 6.00.